The third kappa shape index (κ3) is 6.80. The molecule has 0 aliphatic carbocycles. The van der Waals surface area contributed by atoms with E-state index in [0.29, 0.717) is 11.4 Å². The number of fused-ring (bicyclic) bond motifs is 3. The van der Waals surface area contributed by atoms with Crippen LogP contribution in [0.25, 0.3) is 83.7 Å². The topological polar surface area (TPSA) is 54.5 Å². The molecule has 0 radical (unpaired) electrons. The lowest BCUT2D eigenvalue weighted by molar-refractivity contribution is 1.13. The normalized spacial score (nSPS) is 11.9. The Hall–Kier alpha value is -7.61. The van der Waals surface area contributed by atoms with E-state index in [9.17, 15) is 5.26 Å². The molecule has 0 saturated carbocycles. The van der Waals surface area contributed by atoms with E-state index in [1.807, 2.05) is 60.7 Å². The van der Waals surface area contributed by atoms with Crippen LogP contribution in [0.15, 0.2) is 194 Å². The summed E-state index contributed by atoms with van der Waals surface area (Å²) in [5.74, 6) is 0.619. The summed E-state index contributed by atoms with van der Waals surface area (Å²) < 4.78 is 2.39. The Kier molecular flexibility index (Phi) is 9.86. The molecule has 0 aliphatic rings. The largest absolute Gasteiger partial charge is 0.308 e. The van der Waals surface area contributed by atoms with Gasteiger partial charge in [0.05, 0.1) is 39.7 Å². The molecule has 9 aromatic rings. The maximum Gasteiger partial charge on any atom is 0.160 e. The lowest BCUT2D eigenvalue weighted by atomic mass is 9.91. The minimum absolute atomic E-state index is 0.558. The second-order valence-electron chi connectivity index (χ2n) is 14.3. The number of hydrogen-bond acceptors (Lipinski definition) is 3. The van der Waals surface area contributed by atoms with E-state index in [2.05, 4.69) is 158 Å². The smallest absolute Gasteiger partial charge is 0.160 e. The molecule has 0 atom stereocenters. The van der Waals surface area contributed by atoms with Crippen LogP contribution in [0, 0.1) is 11.3 Å². The Morgan fingerprint density at radius 3 is 1.86 bits per heavy atom. The van der Waals surface area contributed by atoms with Gasteiger partial charge in [0.15, 0.2) is 5.82 Å². The average molecular weight is 745 g/mol. The fourth-order valence-corrected chi connectivity index (χ4v) is 7.98. The van der Waals surface area contributed by atoms with Gasteiger partial charge in [-0.05, 0) is 77.6 Å². The highest BCUT2D eigenvalue weighted by Crippen LogP contribution is 2.43. The van der Waals surface area contributed by atoms with Gasteiger partial charge in [0.25, 0.3) is 0 Å². The summed E-state index contributed by atoms with van der Waals surface area (Å²) in [6, 6.07) is 65.4. The van der Waals surface area contributed by atoms with Crippen molar-refractivity contribution in [2.24, 2.45) is 0 Å². The molecule has 7 aromatic carbocycles. The van der Waals surface area contributed by atoms with Crippen molar-refractivity contribution in [1.29, 1.82) is 5.26 Å². The number of para-hydroxylation sites is 1. The van der Waals surface area contributed by atoms with Gasteiger partial charge in [-0.1, -0.05) is 165 Å². The van der Waals surface area contributed by atoms with Crippen molar-refractivity contribution in [3.63, 3.8) is 0 Å². The van der Waals surface area contributed by atoms with Crippen LogP contribution < -0.4 is 0 Å². The lowest BCUT2D eigenvalue weighted by Crippen LogP contribution is -2.06. The van der Waals surface area contributed by atoms with Crippen LogP contribution in [0.1, 0.15) is 37.0 Å². The highest BCUT2D eigenvalue weighted by molar-refractivity contribution is 6.11. The molecule has 0 fully saturated rings. The van der Waals surface area contributed by atoms with E-state index < -0.39 is 0 Å². The molecule has 9 rings (SSSR count). The van der Waals surface area contributed by atoms with Crippen LogP contribution in [-0.4, -0.2) is 14.5 Å². The molecule has 0 spiro atoms. The third-order valence-electron chi connectivity index (χ3n) is 10.8. The van der Waals surface area contributed by atoms with Crippen molar-refractivity contribution in [2.45, 2.75) is 20.3 Å². The minimum atomic E-state index is 0.558. The van der Waals surface area contributed by atoms with Crippen molar-refractivity contribution in [2.75, 3.05) is 0 Å². The van der Waals surface area contributed by atoms with Crippen LogP contribution in [0.5, 0.6) is 0 Å². The van der Waals surface area contributed by atoms with E-state index in [4.69, 9.17) is 9.97 Å². The van der Waals surface area contributed by atoms with Crippen molar-refractivity contribution in [1.82, 2.24) is 14.5 Å². The first-order valence-electron chi connectivity index (χ1n) is 19.7. The number of nitriles is 1. The Bertz CT molecular complexity index is 2970. The zero-order valence-corrected chi connectivity index (χ0v) is 32.5. The molecular formula is C54H40N4. The second kappa shape index (κ2) is 15.9. The molecule has 4 heteroatoms. The fraction of sp³-hybridized carbons (Fsp3) is 0.0556. The maximum atomic E-state index is 10.7. The molecule has 2 heterocycles. The zero-order valence-electron chi connectivity index (χ0n) is 32.5. The van der Waals surface area contributed by atoms with E-state index in [1.54, 1.807) is 0 Å². The summed E-state index contributed by atoms with van der Waals surface area (Å²) in [6.07, 6.45) is 5.17. The molecule has 4 nitrogen and oxygen atoms in total. The summed E-state index contributed by atoms with van der Waals surface area (Å²) in [6.45, 7) is 4.27. The van der Waals surface area contributed by atoms with Gasteiger partial charge in [0, 0.05) is 33.0 Å². The molecular weight excluding hydrogens is 705 g/mol. The molecule has 0 unspecified atom stereocenters. The van der Waals surface area contributed by atoms with Crippen molar-refractivity contribution in [3.8, 4) is 56.8 Å². The van der Waals surface area contributed by atoms with E-state index >= 15 is 0 Å². The number of aromatic nitrogens is 3. The Morgan fingerprint density at radius 2 is 1.19 bits per heavy atom. The Balaban J connectivity index is 1.41. The molecule has 0 saturated heterocycles. The van der Waals surface area contributed by atoms with Crippen LogP contribution in [-0.2, 0) is 0 Å². The summed E-state index contributed by atoms with van der Waals surface area (Å²) in [5, 5.41) is 13.0. The fourth-order valence-electron chi connectivity index (χ4n) is 7.98. The molecule has 0 N–H and O–H groups in total. The number of rotatable bonds is 9. The van der Waals surface area contributed by atoms with Crippen molar-refractivity contribution in [3.05, 3.63) is 211 Å². The summed E-state index contributed by atoms with van der Waals surface area (Å²) in [4.78, 5) is 10.5. The highest BCUT2D eigenvalue weighted by Gasteiger charge is 2.24. The van der Waals surface area contributed by atoms with Crippen LogP contribution >= 0.6 is 0 Å². The standard InChI is InChI=1S/C54H40N4/c1-3-38(40-19-9-5-10-20-40)33-39(4-2)46-31-37(36-55)32-48(50-35-49(42-23-13-7-14-24-42)56-54(57-50)43-25-15-8-16-26-43)53(46)58-51-28-18-17-27-45(51)47-34-44(29-30-52(47)58)41-21-11-6-12-22-41/h3,5-35H,4H2,1-2H3/b38-3+,39-33+. The Labute approximate surface area is 339 Å². The average Bonchev–Trinajstić information content (AvgIpc) is 3.63. The van der Waals surface area contributed by atoms with Gasteiger partial charge in [0.1, 0.15) is 0 Å². The molecule has 0 amide bonds. The van der Waals surface area contributed by atoms with Gasteiger partial charge < -0.3 is 4.57 Å². The van der Waals surface area contributed by atoms with Gasteiger partial charge >= 0.3 is 0 Å². The lowest BCUT2D eigenvalue weighted by Gasteiger charge is -2.21. The van der Waals surface area contributed by atoms with Crippen LogP contribution in [0.3, 0.4) is 0 Å². The van der Waals surface area contributed by atoms with Gasteiger partial charge in [-0.2, -0.15) is 5.26 Å². The molecule has 58 heavy (non-hydrogen) atoms. The van der Waals surface area contributed by atoms with Gasteiger partial charge in [-0.15, -0.1) is 0 Å². The predicted molar refractivity (Wildman–Crippen MR) is 241 cm³/mol. The number of benzene rings is 7. The first kappa shape index (κ1) is 36.1. The quantitative estimate of drug-likeness (QED) is 0.138. The number of allylic oxidation sites excluding steroid dienone is 4. The first-order valence-corrected chi connectivity index (χ1v) is 19.7. The summed E-state index contributed by atoms with van der Waals surface area (Å²) in [7, 11) is 0. The van der Waals surface area contributed by atoms with Gasteiger partial charge in [-0.3, -0.25) is 0 Å². The number of hydrogen-bond donors (Lipinski definition) is 0. The van der Waals surface area contributed by atoms with Crippen LogP contribution in [0.2, 0.25) is 0 Å². The predicted octanol–water partition coefficient (Wildman–Crippen LogP) is 14.0. The molecule has 0 aliphatic heterocycles. The van der Waals surface area contributed by atoms with Crippen molar-refractivity contribution >= 4 is 33.0 Å². The molecule has 276 valence electrons. The van der Waals surface area contributed by atoms with E-state index in [0.717, 1.165) is 89.8 Å². The second-order valence-corrected chi connectivity index (χ2v) is 14.3. The third-order valence-corrected chi connectivity index (χ3v) is 10.8. The summed E-state index contributed by atoms with van der Waals surface area (Å²) in [5.41, 5.74) is 14.6. The maximum absolute atomic E-state index is 10.7. The number of nitrogens with zero attached hydrogens (tertiary/aromatic N) is 4. The van der Waals surface area contributed by atoms with E-state index in [1.165, 1.54) is 5.56 Å². The van der Waals surface area contributed by atoms with Crippen molar-refractivity contribution < 1.29 is 0 Å². The SMILES string of the molecule is C/C=C(\C=C(/CC)c1cc(C#N)cc(-c2cc(-c3ccccc3)nc(-c3ccccc3)n2)c1-n1c2ccccc2c2cc(-c3ccccc3)ccc21)c1ccccc1. The molecule has 0 bridgehead atoms. The first-order chi connectivity index (χ1) is 28.6. The van der Waals surface area contributed by atoms with Gasteiger partial charge in [0.2, 0.25) is 0 Å². The van der Waals surface area contributed by atoms with E-state index in [-0.39, 0.29) is 0 Å². The highest BCUT2D eigenvalue weighted by atomic mass is 15.0. The zero-order chi connectivity index (χ0) is 39.4. The van der Waals surface area contributed by atoms with Crippen LogP contribution in [0.4, 0.5) is 0 Å². The van der Waals surface area contributed by atoms with Gasteiger partial charge in [-0.25, -0.2) is 9.97 Å². The molecule has 2 aromatic heterocycles. The monoisotopic (exact) mass is 744 g/mol. The summed E-state index contributed by atoms with van der Waals surface area (Å²) >= 11 is 0. The minimum Gasteiger partial charge on any atom is -0.308 e. The Morgan fingerprint density at radius 1 is 0.586 bits per heavy atom.